The normalized spacial score (nSPS) is 11.1. The van der Waals surface area contributed by atoms with Crippen LogP contribution in [0.15, 0.2) is 40.9 Å². The summed E-state index contributed by atoms with van der Waals surface area (Å²) in [6.45, 7) is 0. The van der Waals surface area contributed by atoms with E-state index in [1.807, 2.05) is 12.1 Å². The van der Waals surface area contributed by atoms with Gasteiger partial charge in [-0.3, -0.25) is 4.57 Å². The van der Waals surface area contributed by atoms with Crippen LogP contribution in [0.1, 0.15) is 0 Å². The molecule has 1 aromatic heterocycles. The van der Waals surface area contributed by atoms with Crippen molar-refractivity contribution in [2.75, 3.05) is 5.73 Å². The number of aromatic nitrogens is 2. The Kier molecular flexibility index (Phi) is 2.95. The van der Waals surface area contributed by atoms with Crippen molar-refractivity contribution >= 4 is 44.5 Å². The molecule has 0 unspecified atom stereocenters. The fraction of sp³-hybridized carbons (Fsp3) is 0. The quantitative estimate of drug-likeness (QED) is 0.723. The zero-order valence-corrected chi connectivity index (χ0v) is 11.9. The molecule has 3 aromatic rings. The first kappa shape index (κ1) is 12.4. The zero-order chi connectivity index (χ0) is 13.6. The van der Waals surface area contributed by atoms with Crippen molar-refractivity contribution in [1.29, 1.82) is 0 Å². The summed E-state index contributed by atoms with van der Waals surface area (Å²) < 4.78 is 15.5. The van der Waals surface area contributed by atoms with Crippen LogP contribution in [0.3, 0.4) is 0 Å². The molecule has 96 valence electrons. The Labute approximate surface area is 121 Å². The van der Waals surface area contributed by atoms with Gasteiger partial charge in [-0.05, 0) is 46.3 Å². The average molecular weight is 341 g/mol. The van der Waals surface area contributed by atoms with Crippen LogP contribution in [0.5, 0.6) is 0 Å². The zero-order valence-electron chi connectivity index (χ0n) is 9.57. The van der Waals surface area contributed by atoms with Gasteiger partial charge in [0, 0.05) is 4.47 Å². The standard InChI is InChI=1S/C13H8BrClFN3/c14-8-6-7(16)4-5-10(8)19-11-3-1-2-9(15)12(11)18-13(19)17/h1-6H,(H2,17,18). The number of imidazole rings is 1. The van der Waals surface area contributed by atoms with Crippen LogP contribution >= 0.6 is 27.5 Å². The number of benzene rings is 2. The topological polar surface area (TPSA) is 43.8 Å². The molecule has 3 nitrogen and oxygen atoms in total. The van der Waals surface area contributed by atoms with Crippen molar-refractivity contribution < 1.29 is 4.39 Å². The number of rotatable bonds is 1. The van der Waals surface area contributed by atoms with Gasteiger partial charge in [0.2, 0.25) is 5.95 Å². The fourth-order valence-electron chi connectivity index (χ4n) is 2.00. The maximum absolute atomic E-state index is 13.2. The van der Waals surface area contributed by atoms with Gasteiger partial charge in [-0.25, -0.2) is 9.37 Å². The molecule has 3 rings (SSSR count). The van der Waals surface area contributed by atoms with E-state index in [4.69, 9.17) is 17.3 Å². The van der Waals surface area contributed by atoms with Crippen molar-refractivity contribution in [2.45, 2.75) is 0 Å². The Morgan fingerprint density at radius 2 is 2.05 bits per heavy atom. The predicted molar refractivity (Wildman–Crippen MR) is 78.2 cm³/mol. The van der Waals surface area contributed by atoms with E-state index in [1.165, 1.54) is 12.1 Å². The minimum atomic E-state index is -0.323. The van der Waals surface area contributed by atoms with Crippen molar-refractivity contribution in [1.82, 2.24) is 9.55 Å². The maximum atomic E-state index is 13.2. The number of nitrogens with zero attached hydrogens (tertiary/aromatic N) is 2. The Bertz CT molecular complexity index is 785. The number of para-hydroxylation sites is 1. The van der Waals surface area contributed by atoms with E-state index >= 15 is 0 Å². The summed E-state index contributed by atoms with van der Waals surface area (Å²) in [5.41, 5.74) is 8.05. The van der Waals surface area contributed by atoms with Crippen molar-refractivity contribution in [3.8, 4) is 5.69 Å². The van der Waals surface area contributed by atoms with Crippen LogP contribution in [-0.4, -0.2) is 9.55 Å². The van der Waals surface area contributed by atoms with E-state index in [1.54, 1.807) is 16.7 Å². The van der Waals surface area contributed by atoms with Gasteiger partial charge >= 0.3 is 0 Å². The van der Waals surface area contributed by atoms with E-state index in [-0.39, 0.29) is 5.82 Å². The Balaban J connectivity index is 2.36. The monoisotopic (exact) mass is 339 g/mol. The number of nitrogens with two attached hydrogens (primary N) is 1. The molecule has 2 aromatic carbocycles. The number of fused-ring (bicyclic) bond motifs is 1. The van der Waals surface area contributed by atoms with Crippen molar-refractivity contribution in [3.05, 3.63) is 51.7 Å². The molecule has 6 heteroatoms. The summed E-state index contributed by atoms with van der Waals surface area (Å²) in [5, 5.41) is 0.529. The molecule has 0 atom stereocenters. The minimum Gasteiger partial charge on any atom is -0.369 e. The minimum absolute atomic E-state index is 0.301. The van der Waals surface area contributed by atoms with E-state index < -0.39 is 0 Å². The van der Waals surface area contributed by atoms with Crippen LogP contribution in [0.4, 0.5) is 10.3 Å². The van der Waals surface area contributed by atoms with Crippen LogP contribution in [0.2, 0.25) is 5.02 Å². The molecule has 0 saturated carbocycles. The molecule has 0 aliphatic carbocycles. The lowest BCUT2D eigenvalue weighted by Crippen LogP contribution is -2.01. The lowest BCUT2D eigenvalue weighted by atomic mass is 10.2. The van der Waals surface area contributed by atoms with E-state index in [0.29, 0.717) is 26.6 Å². The van der Waals surface area contributed by atoms with Gasteiger partial charge in [-0.2, -0.15) is 0 Å². The molecule has 1 heterocycles. The van der Waals surface area contributed by atoms with Gasteiger partial charge in [0.15, 0.2) is 0 Å². The predicted octanol–water partition coefficient (Wildman–Crippen LogP) is 4.16. The van der Waals surface area contributed by atoms with E-state index in [0.717, 1.165) is 5.52 Å². The molecule has 0 amide bonds. The Morgan fingerprint density at radius 3 is 2.79 bits per heavy atom. The summed E-state index contributed by atoms with van der Waals surface area (Å²) >= 11 is 9.42. The summed E-state index contributed by atoms with van der Waals surface area (Å²) in [6.07, 6.45) is 0. The molecular formula is C13H8BrClFN3. The lowest BCUT2D eigenvalue weighted by Gasteiger charge is -2.09. The highest BCUT2D eigenvalue weighted by atomic mass is 79.9. The summed E-state index contributed by atoms with van der Waals surface area (Å²) in [7, 11) is 0. The number of hydrogen-bond donors (Lipinski definition) is 1. The summed E-state index contributed by atoms with van der Waals surface area (Å²) in [5.74, 6) is -0.0212. The highest BCUT2D eigenvalue weighted by Crippen LogP contribution is 2.31. The van der Waals surface area contributed by atoms with Crippen molar-refractivity contribution in [3.63, 3.8) is 0 Å². The lowest BCUT2D eigenvalue weighted by molar-refractivity contribution is 0.626. The molecule has 19 heavy (non-hydrogen) atoms. The van der Waals surface area contributed by atoms with Gasteiger partial charge in [0.05, 0.1) is 16.2 Å². The first-order valence-electron chi connectivity index (χ1n) is 5.46. The third kappa shape index (κ3) is 1.99. The molecule has 0 spiro atoms. The van der Waals surface area contributed by atoms with Crippen LogP contribution in [0, 0.1) is 5.82 Å². The first-order chi connectivity index (χ1) is 9.08. The number of hydrogen-bond acceptors (Lipinski definition) is 2. The molecule has 0 saturated heterocycles. The Morgan fingerprint density at radius 1 is 1.26 bits per heavy atom. The SMILES string of the molecule is Nc1nc2c(Cl)cccc2n1-c1ccc(F)cc1Br. The van der Waals surface area contributed by atoms with Crippen LogP contribution < -0.4 is 5.73 Å². The Hall–Kier alpha value is -1.59. The molecule has 0 fully saturated rings. The second kappa shape index (κ2) is 4.51. The summed E-state index contributed by atoms with van der Waals surface area (Å²) in [6, 6.07) is 9.82. The third-order valence-corrected chi connectivity index (χ3v) is 3.75. The second-order valence-electron chi connectivity index (χ2n) is 4.01. The first-order valence-corrected chi connectivity index (χ1v) is 6.63. The summed E-state index contributed by atoms with van der Waals surface area (Å²) in [4.78, 5) is 4.25. The molecular weight excluding hydrogens is 333 g/mol. The second-order valence-corrected chi connectivity index (χ2v) is 5.27. The van der Waals surface area contributed by atoms with Gasteiger partial charge < -0.3 is 5.73 Å². The van der Waals surface area contributed by atoms with Gasteiger partial charge in [-0.1, -0.05) is 17.7 Å². The number of halogens is 3. The number of anilines is 1. The van der Waals surface area contributed by atoms with Gasteiger partial charge in [-0.15, -0.1) is 0 Å². The van der Waals surface area contributed by atoms with Crippen molar-refractivity contribution in [2.24, 2.45) is 0 Å². The van der Waals surface area contributed by atoms with E-state index in [9.17, 15) is 4.39 Å². The molecule has 0 aliphatic rings. The fourth-order valence-corrected chi connectivity index (χ4v) is 2.74. The van der Waals surface area contributed by atoms with Crippen LogP contribution in [-0.2, 0) is 0 Å². The third-order valence-electron chi connectivity index (χ3n) is 2.81. The molecule has 0 aliphatic heterocycles. The highest BCUT2D eigenvalue weighted by molar-refractivity contribution is 9.10. The molecule has 2 N–H and O–H groups in total. The van der Waals surface area contributed by atoms with Crippen LogP contribution in [0.25, 0.3) is 16.7 Å². The molecule has 0 radical (unpaired) electrons. The van der Waals surface area contributed by atoms with Gasteiger partial charge in [0.1, 0.15) is 11.3 Å². The highest BCUT2D eigenvalue weighted by Gasteiger charge is 2.14. The average Bonchev–Trinajstić information content (AvgIpc) is 2.68. The molecule has 0 bridgehead atoms. The van der Waals surface area contributed by atoms with E-state index in [2.05, 4.69) is 20.9 Å². The number of nitrogen functional groups attached to an aromatic ring is 1. The smallest absolute Gasteiger partial charge is 0.206 e. The maximum Gasteiger partial charge on any atom is 0.206 e. The largest absolute Gasteiger partial charge is 0.369 e. The van der Waals surface area contributed by atoms with Gasteiger partial charge in [0.25, 0.3) is 0 Å².